The Morgan fingerprint density at radius 1 is 0.750 bits per heavy atom. The van der Waals surface area contributed by atoms with Crippen molar-refractivity contribution in [2.45, 2.75) is 0 Å². The zero-order valence-corrected chi connectivity index (χ0v) is 2.70. The average Bonchev–Trinajstić information content (AvgIpc) is 0. The molecule has 0 aromatic heterocycles. The van der Waals surface area contributed by atoms with E-state index in [9.17, 15) is 0 Å². The molecule has 3 nitrogen and oxygen atoms in total. The average molecular weight is 111 g/mol. The van der Waals surface area contributed by atoms with Crippen molar-refractivity contribution in [3.8, 4) is 0 Å². The summed E-state index contributed by atoms with van der Waals surface area (Å²) in [5.74, 6) is 0. The third-order valence-corrected chi connectivity index (χ3v) is 0. The van der Waals surface area contributed by atoms with Crippen molar-refractivity contribution in [3.63, 3.8) is 0 Å². The van der Waals surface area contributed by atoms with Crippen LogP contribution in [0.5, 0.6) is 0 Å². The minimum Gasteiger partial charge on any atom is -0.870 e. The van der Waals surface area contributed by atoms with Gasteiger partial charge in [-0.25, -0.2) is 0 Å². The molecule has 0 unspecified atom stereocenters. The van der Waals surface area contributed by atoms with Gasteiger partial charge in [0.25, 0.3) is 0 Å². The summed E-state index contributed by atoms with van der Waals surface area (Å²) >= 11 is 0. The predicted octanol–water partition coefficient (Wildman–Crippen LogP) is -1.18. The SMILES string of the molecule is O.[Ni+2].[OH-].[OH-]. The van der Waals surface area contributed by atoms with Gasteiger partial charge in [-0.05, 0) is 0 Å². The fourth-order valence-electron chi connectivity index (χ4n) is 0. The Morgan fingerprint density at radius 3 is 0.750 bits per heavy atom. The molecule has 0 aliphatic heterocycles. The molecule has 0 saturated heterocycles. The van der Waals surface area contributed by atoms with Gasteiger partial charge in [0.05, 0.1) is 0 Å². The van der Waals surface area contributed by atoms with Crippen molar-refractivity contribution in [3.05, 3.63) is 0 Å². The van der Waals surface area contributed by atoms with Crippen LogP contribution in [0.25, 0.3) is 0 Å². The quantitative estimate of drug-likeness (QED) is 0.367. The molecule has 0 radical (unpaired) electrons. The largest absolute Gasteiger partial charge is 2.00 e. The minimum atomic E-state index is 0. The summed E-state index contributed by atoms with van der Waals surface area (Å²) < 4.78 is 0. The van der Waals surface area contributed by atoms with Crippen molar-refractivity contribution in [1.82, 2.24) is 0 Å². The second-order valence-electron chi connectivity index (χ2n) is 0. The smallest absolute Gasteiger partial charge is 0.870 e. The van der Waals surface area contributed by atoms with Crippen molar-refractivity contribution in [2.24, 2.45) is 0 Å². The normalized spacial score (nSPS) is 0. The molecule has 4 heteroatoms. The molecule has 0 bridgehead atoms. The van der Waals surface area contributed by atoms with E-state index in [0.29, 0.717) is 0 Å². The first-order chi connectivity index (χ1) is 0. The van der Waals surface area contributed by atoms with E-state index in [1.54, 1.807) is 0 Å². The van der Waals surface area contributed by atoms with Crippen LogP contribution in [0.4, 0.5) is 0 Å². The molecule has 0 rings (SSSR count). The predicted molar refractivity (Wildman–Crippen MR) is 7.49 cm³/mol. The molecule has 32 valence electrons. The van der Waals surface area contributed by atoms with Gasteiger partial charge in [0, 0.05) is 0 Å². The molecule has 0 fully saturated rings. The van der Waals surface area contributed by atoms with Crippen LogP contribution in [0.2, 0.25) is 0 Å². The van der Waals surface area contributed by atoms with Gasteiger partial charge in [-0.2, -0.15) is 0 Å². The molecule has 0 aliphatic carbocycles. The maximum absolute atomic E-state index is 0. The van der Waals surface area contributed by atoms with Gasteiger partial charge in [0.1, 0.15) is 0 Å². The zero-order chi connectivity index (χ0) is 0. The van der Waals surface area contributed by atoms with Crippen LogP contribution in [0.15, 0.2) is 0 Å². The van der Waals surface area contributed by atoms with Gasteiger partial charge in [0.2, 0.25) is 0 Å². The number of hydrogen-bond acceptors (Lipinski definition) is 2. The summed E-state index contributed by atoms with van der Waals surface area (Å²) in [5.41, 5.74) is 0. The van der Waals surface area contributed by atoms with E-state index in [4.69, 9.17) is 0 Å². The van der Waals surface area contributed by atoms with E-state index in [-0.39, 0.29) is 32.9 Å². The summed E-state index contributed by atoms with van der Waals surface area (Å²) in [6, 6.07) is 0. The second kappa shape index (κ2) is 136. The Kier molecular flexibility index (Phi) is 12200. The van der Waals surface area contributed by atoms with Crippen LogP contribution in [0.1, 0.15) is 0 Å². The van der Waals surface area contributed by atoms with Gasteiger partial charge in [-0.3, -0.25) is 0 Å². The molecule has 4 heavy (non-hydrogen) atoms. The topological polar surface area (TPSA) is 91.5 Å². The Bertz CT molecular complexity index is 3.25. The van der Waals surface area contributed by atoms with Gasteiger partial charge in [0.15, 0.2) is 0 Å². The van der Waals surface area contributed by atoms with Crippen molar-refractivity contribution in [1.29, 1.82) is 0 Å². The molecule has 0 aliphatic rings. The van der Waals surface area contributed by atoms with Gasteiger partial charge in [-0.1, -0.05) is 0 Å². The molecule has 0 amide bonds. The first-order valence-corrected chi connectivity index (χ1v) is 0. The summed E-state index contributed by atoms with van der Waals surface area (Å²) in [7, 11) is 0. The van der Waals surface area contributed by atoms with Crippen molar-refractivity contribution in [2.75, 3.05) is 0 Å². The Balaban J connectivity index is 0. The minimum absolute atomic E-state index is 0. The van der Waals surface area contributed by atoms with E-state index < -0.39 is 0 Å². The molecule has 0 atom stereocenters. The van der Waals surface area contributed by atoms with Crippen molar-refractivity contribution >= 4 is 0 Å². The third kappa shape index (κ3) is 32.1. The summed E-state index contributed by atoms with van der Waals surface area (Å²) in [6.45, 7) is 0. The van der Waals surface area contributed by atoms with Crippen LogP contribution in [-0.4, -0.2) is 16.4 Å². The van der Waals surface area contributed by atoms with E-state index in [2.05, 4.69) is 0 Å². The Hall–Kier alpha value is 0.374. The number of hydrogen-bond donors (Lipinski definition) is 0. The Labute approximate surface area is 33.9 Å². The van der Waals surface area contributed by atoms with Crippen LogP contribution < -0.4 is 0 Å². The second-order valence-corrected chi connectivity index (χ2v) is 0. The molecular weight excluding hydrogens is 107 g/mol. The third-order valence-electron chi connectivity index (χ3n) is 0. The monoisotopic (exact) mass is 110 g/mol. The fraction of sp³-hybridized carbons (Fsp3) is 0. The molecule has 4 N–H and O–H groups in total. The van der Waals surface area contributed by atoms with Crippen molar-refractivity contribution < 1.29 is 32.9 Å². The standard InChI is InChI=1S/Ni.3H2O/h;3*1H2/q+2;;;/p-2. The van der Waals surface area contributed by atoms with E-state index in [1.807, 2.05) is 0 Å². The maximum Gasteiger partial charge on any atom is 2.00 e. The van der Waals surface area contributed by atoms with Crippen LogP contribution in [0.3, 0.4) is 0 Å². The van der Waals surface area contributed by atoms with E-state index in [1.165, 1.54) is 0 Å². The number of rotatable bonds is 0. The molecule has 0 aromatic rings. The van der Waals surface area contributed by atoms with Crippen LogP contribution >= 0.6 is 0 Å². The van der Waals surface area contributed by atoms with Gasteiger partial charge < -0.3 is 16.4 Å². The van der Waals surface area contributed by atoms with Crippen LogP contribution in [-0.2, 0) is 16.5 Å². The summed E-state index contributed by atoms with van der Waals surface area (Å²) in [4.78, 5) is 0. The molecule has 0 spiro atoms. The molecule has 0 aromatic carbocycles. The first kappa shape index (κ1) is 357. The van der Waals surface area contributed by atoms with E-state index in [0.717, 1.165) is 0 Å². The molecule has 0 heterocycles. The van der Waals surface area contributed by atoms with Crippen LogP contribution in [0, 0.1) is 0 Å². The zero-order valence-electron chi connectivity index (χ0n) is 1.71. The Morgan fingerprint density at radius 2 is 0.750 bits per heavy atom. The summed E-state index contributed by atoms with van der Waals surface area (Å²) in [5, 5.41) is 0. The van der Waals surface area contributed by atoms with Gasteiger partial charge in [-0.15, -0.1) is 0 Å². The molecule has 0 saturated carbocycles. The maximum atomic E-state index is 0. The first-order valence-electron chi connectivity index (χ1n) is 0. The summed E-state index contributed by atoms with van der Waals surface area (Å²) in [6.07, 6.45) is 0. The molecular formula is H4NiO3. The fourth-order valence-corrected chi connectivity index (χ4v) is 0. The van der Waals surface area contributed by atoms with Gasteiger partial charge >= 0.3 is 16.5 Å². The van der Waals surface area contributed by atoms with E-state index >= 15 is 0 Å².